The van der Waals surface area contributed by atoms with E-state index in [0.29, 0.717) is 51.0 Å². The van der Waals surface area contributed by atoms with Crippen LogP contribution in [0.5, 0.6) is 0 Å². The Hall–Kier alpha value is -4.95. The lowest BCUT2D eigenvalue weighted by atomic mass is 10.00. The number of imide groups is 1. The number of nitrogens with zero attached hydrogens (tertiary/aromatic N) is 2. The van der Waals surface area contributed by atoms with E-state index in [1.165, 1.54) is 0 Å². The van der Waals surface area contributed by atoms with Gasteiger partial charge in [-0.05, 0) is 68.3 Å². The number of pyridine rings is 1. The summed E-state index contributed by atoms with van der Waals surface area (Å²) < 4.78 is 6.51. The fourth-order valence-electron chi connectivity index (χ4n) is 5.38. The Morgan fingerprint density at radius 1 is 0.886 bits per heavy atom. The van der Waals surface area contributed by atoms with Gasteiger partial charge in [0.25, 0.3) is 11.8 Å². The molecule has 0 bridgehead atoms. The Kier molecular flexibility index (Phi) is 7.69. The van der Waals surface area contributed by atoms with Crippen LogP contribution in [-0.2, 0) is 11.2 Å². The van der Waals surface area contributed by atoms with Crippen molar-refractivity contribution >= 4 is 56.1 Å². The molecule has 4 aromatic carbocycles. The molecule has 1 aliphatic rings. The monoisotopic (exact) mass is 646 g/mol. The minimum atomic E-state index is -1.01. The van der Waals surface area contributed by atoms with Crippen molar-refractivity contribution in [1.29, 1.82) is 0 Å². The van der Waals surface area contributed by atoms with Crippen LogP contribution in [0.1, 0.15) is 66.4 Å². The maximum atomic E-state index is 13.7. The van der Waals surface area contributed by atoms with Crippen LogP contribution in [0.15, 0.2) is 95.5 Å². The summed E-state index contributed by atoms with van der Waals surface area (Å²) in [5.41, 5.74) is 5.68. The Labute approximate surface area is 262 Å². The van der Waals surface area contributed by atoms with E-state index in [0.717, 1.165) is 20.5 Å². The zero-order valence-corrected chi connectivity index (χ0v) is 25.8. The predicted octanol–water partition coefficient (Wildman–Crippen LogP) is 7.76. The summed E-state index contributed by atoms with van der Waals surface area (Å²) in [6.07, 6.45) is -0.337. The lowest BCUT2D eigenvalue weighted by molar-refractivity contribution is 0.0320. The molecule has 8 heteroatoms. The minimum Gasteiger partial charge on any atom is -0.451 e. The molecular weight excluding hydrogens is 620 g/mol. The van der Waals surface area contributed by atoms with Crippen LogP contribution >= 0.6 is 15.9 Å². The number of ether oxygens (including phenoxy) is 1. The van der Waals surface area contributed by atoms with Crippen molar-refractivity contribution < 1.29 is 23.9 Å². The van der Waals surface area contributed by atoms with Gasteiger partial charge in [0.15, 0.2) is 6.10 Å². The minimum absolute atomic E-state index is 0.272. The van der Waals surface area contributed by atoms with Crippen LogP contribution < -0.4 is 4.90 Å². The maximum Gasteiger partial charge on any atom is 0.339 e. The van der Waals surface area contributed by atoms with Gasteiger partial charge in [-0.3, -0.25) is 14.4 Å². The molecule has 6 rings (SSSR count). The summed E-state index contributed by atoms with van der Waals surface area (Å²) in [5.74, 6) is -1.69. The number of amides is 2. The van der Waals surface area contributed by atoms with Crippen LogP contribution in [0.4, 0.5) is 5.69 Å². The number of aromatic nitrogens is 1. The summed E-state index contributed by atoms with van der Waals surface area (Å²) >= 11 is 3.55. The summed E-state index contributed by atoms with van der Waals surface area (Å²) in [6, 6.07) is 26.2. The third-order valence-electron chi connectivity index (χ3n) is 7.76. The number of ketones is 1. The quantitative estimate of drug-likeness (QED) is 0.102. The van der Waals surface area contributed by atoms with Crippen molar-refractivity contribution in [2.45, 2.75) is 33.3 Å². The molecule has 44 heavy (non-hydrogen) atoms. The van der Waals surface area contributed by atoms with Crippen molar-refractivity contribution in [1.82, 2.24) is 4.98 Å². The van der Waals surface area contributed by atoms with Gasteiger partial charge >= 0.3 is 5.97 Å². The van der Waals surface area contributed by atoms with Crippen molar-refractivity contribution in [3.8, 4) is 11.3 Å². The largest absolute Gasteiger partial charge is 0.451 e. The number of halogens is 1. The number of anilines is 1. The highest BCUT2D eigenvalue weighted by molar-refractivity contribution is 9.10. The summed E-state index contributed by atoms with van der Waals surface area (Å²) in [6.45, 7) is 5.51. The number of aryl methyl sites for hydroxylation is 2. The number of hydrogen-bond donors (Lipinski definition) is 0. The van der Waals surface area contributed by atoms with Crippen molar-refractivity contribution in [3.63, 3.8) is 0 Å². The smallest absolute Gasteiger partial charge is 0.339 e. The van der Waals surface area contributed by atoms with Crippen LogP contribution in [-0.4, -0.2) is 34.7 Å². The van der Waals surface area contributed by atoms with Gasteiger partial charge in [-0.2, -0.15) is 0 Å². The first kappa shape index (κ1) is 29.1. The van der Waals surface area contributed by atoms with Gasteiger partial charge in [0.05, 0.1) is 33.6 Å². The molecule has 1 aliphatic heterocycles. The van der Waals surface area contributed by atoms with Crippen molar-refractivity contribution in [2.75, 3.05) is 4.90 Å². The van der Waals surface area contributed by atoms with Gasteiger partial charge in [-0.25, -0.2) is 14.7 Å². The normalized spacial score (nSPS) is 13.2. The van der Waals surface area contributed by atoms with Gasteiger partial charge < -0.3 is 4.74 Å². The number of benzene rings is 4. The molecule has 0 spiro atoms. The Bertz CT molecular complexity index is 1950. The molecule has 0 aliphatic carbocycles. The molecule has 1 aromatic heterocycles. The van der Waals surface area contributed by atoms with Crippen LogP contribution in [0.2, 0.25) is 0 Å². The number of carbonyl (C=O) groups excluding carboxylic acids is 4. The van der Waals surface area contributed by atoms with E-state index in [1.807, 2.05) is 38.1 Å². The first-order valence-electron chi connectivity index (χ1n) is 14.2. The molecule has 0 saturated heterocycles. The van der Waals surface area contributed by atoms with Crippen LogP contribution in [0, 0.1) is 6.92 Å². The molecule has 1 unspecified atom stereocenters. The van der Waals surface area contributed by atoms with Gasteiger partial charge in [-0.15, -0.1) is 0 Å². The second-order valence-corrected chi connectivity index (χ2v) is 11.6. The molecular formula is C36H27BrN2O5. The van der Waals surface area contributed by atoms with Crippen LogP contribution in [0.3, 0.4) is 0 Å². The van der Waals surface area contributed by atoms with E-state index in [-0.39, 0.29) is 23.2 Å². The lowest BCUT2D eigenvalue weighted by Crippen LogP contribution is -2.29. The predicted molar refractivity (Wildman–Crippen MR) is 172 cm³/mol. The van der Waals surface area contributed by atoms with E-state index in [4.69, 9.17) is 9.72 Å². The third-order valence-corrected chi connectivity index (χ3v) is 8.22. The number of fused-ring (bicyclic) bond motifs is 2. The molecule has 0 radical (unpaired) electrons. The zero-order valence-electron chi connectivity index (χ0n) is 24.3. The molecule has 218 valence electrons. The zero-order chi connectivity index (χ0) is 31.1. The molecule has 2 amide bonds. The van der Waals surface area contributed by atoms with E-state index >= 15 is 0 Å². The van der Waals surface area contributed by atoms with E-state index in [2.05, 4.69) is 15.9 Å². The number of rotatable bonds is 7. The second kappa shape index (κ2) is 11.6. The molecule has 5 aromatic rings. The summed E-state index contributed by atoms with van der Waals surface area (Å²) in [7, 11) is 0. The van der Waals surface area contributed by atoms with E-state index < -0.39 is 12.1 Å². The molecule has 0 N–H and O–H groups in total. The van der Waals surface area contributed by atoms with E-state index in [1.54, 1.807) is 73.7 Å². The first-order valence-corrected chi connectivity index (χ1v) is 15.0. The average molecular weight is 648 g/mol. The number of hydrogen-bond acceptors (Lipinski definition) is 6. The molecule has 0 saturated carbocycles. The maximum absolute atomic E-state index is 13.7. The van der Waals surface area contributed by atoms with Crippen molar-refractivity contribution in [2.24, 2.45) is 0 Å². The van der Waals surface area contributed by atoms with E-state index in [9.17, 15) is 19.2 Å². The van der Waals surface area contributed by atoms with Gasteiger partial charge in [0.1, 0.15) is 0 Å². The van der Waals surface area contributed by atoms with Gasteiger partial charge in [0.2, 0.25) is 5.78 Å². The topological polar surface area (TPSA) is 93.6 Å². The summed E-state index contributed by atoms with van der Waals surface area (Å²) in [5, 5.41) is 0.600. The second-order valence-electron chi connectivity index (χ2n) is 10.7. The van der Waals surface area contributed by atoms with Crippen molar-refractivity contribution in [3.05, 3.63) is 129 Å². The molecule has 1 atom stereocenters. The third kappa shape index (κ3) is 5.22. The lowest BCUT2D eigenvalue weighted by Gasteiger charge is -2.17. The Balaban J connectivity index is 1.36. The standard InChI is InChI=1S/C36H27BrN2O5/c1-4-22-17-25(37)18-29-30(36(43)44-21(3)33(40)24-11-9-20(2)10-12-24)19-31(38-32(22)29)23-13-15-26(16-14-23)39-34(41)27-7-5-6-8-28(27)35(39)42/h5-19,21H,4H2,1-3H3. The fraction of sp³-hybridized carbons (Fsp3) is 0.139. The first-order chi connectivity index (χ1) is 21.2. The van der Waals surface area contributed by atoms with Gasteiger partial charge in [0, 0.05) is 21.0 Å². The average Bonchev–Trinajstić information content (AvgIpc) is 3.29. The summed E-state index contributed by atoms with van der Waals surface area (Å²) in [4.78, 5) is 58.7. The highest BCUT2D eigenvalue weighted by atomic mass is 79.9. The van der Waals surface area contributed by atoms with Gasteiger partial charge in [-0.1, -0.05) is 76.9 Å². The number of carbonyl (C=O) groups is 4. The molecule has 7 nitrogen and oxygen atoms in total. The molecule has 2 heterocycles. The highest BCUT2D eigenvalue weighted by Crippen LogP contribution is 2.33. The van der Waals surface area contributed by atoms with Crippen LogP contribution in [0.25, 0.3) is 22.2 Å². The molecule has 0 fully saturated rings. The SMILES string of the molecule is CCc1cc(Br)cc2c(C(=O)OC(C)C(=O)c3ccc(C)cc3)cc(-c3ccc(N4C(=O)c5ccccc5C4=O)cc3)nc12. The Morgan fingerprint density at radius 2 is 1.52 bits per heavy atom. The number of Topliss-reactive ketones (excluding diaryl/α,β-unsaturated/α-hetero) is 1. The number of esters is 1. The highest BCUT2D eigenvalue weighted by Gasteiger charge is 2.36. The fourth-order valence-corrected chi connectivity index (χ4v) is 5.89. The Morgan fingerprint density at radius 3 is 2.14 bits per heavy atom.